The third-order valence-electron chi connectivity index (χ3n) is 4.57. The Morgan fingerprint density at radius 2 is 1.78 bits per heavy atom. The van der Waals surface area contributed by atoms with Gasteiger partial charge >= 0.3 is 0 Å². The molecule has 0 spiro atoms. The Labute approximate surface area is 158 Å². The van der Waals surface area contributed by atoms with Crippen LogP contribution in [0.4, 0.5) is 0 Å². The average Bonchev–Trinajstić information content (AvgIpc) is 3.07. The lowest BCUT2D eigenvalue weighted by molar-refractivity contribution is 0.459. The molecule has 0 radical (unpaired) electrons. The van der Waals surface area contributed by atoms with E-state index in [1.165, 1.54) is 11.9 Å². The minimum Gasteiger partial charge on any atom is -0.438 e. The molecular weight excluding hydrogens is 336 g/mol. The van der Waals surface area contributed by atoms with Gasteiger partial charge in [0.25, 0.3) is 0 Å². The molecule has 27 heavy (non-hydrogen) atoms. The van der Waals surface area contributed by atoms with Gasteiger partial charge in [0.05, 0.1) is 11.9 Å². The highest BCUT2D eigenvalue weighted by Gasteiger charge is 2.15. The van der Waals surface area contributed by atoms with Crippen LogP contribution >= 0.6 is 0 Å². The van der Waals surface area contributed by atoms with E-state index in [9.17, 15) is 0 Å². The van der Waals surface area contributed by atoms with Crippen molar-refractivity contribution in [3.05, 3.63) is 71.7 Å². The number of fused-ring (bicyclic) bond motifs is 1. The molecule has 4 rings (SSSR count). The summed E-state index contributed by atoms with van der Waals surface area (Å²) >= 11 is 0. The van der Waals surface area contributed by atoms with Crippen molar-refractivity contribution in [2.75, 3.05) is 0 Å². The molecule has 0 aliphatic carbocycles. The van der Waals surface area contributed by atoms with Crippen LogP contribution in [0.3, 0.4) is 0 Å². The van der Waals surface area contributed by atoms with Crippen molar-refractivity contribution in [3.63, 3.8) is 0 Å². The van der Waals surface area contributed by atoms with Gasteiger partial charge in [-0.3, -0.25) is 0 Å². The lowest BCUT2D eigenvalue weighted by Crippen LogP contribution is -1.99. The first-order valence-corrected chi connectivity index (χ1v) is 9.07. The van der Waals surface area contributed by atoms with Gasteiger partial charge in [0.15, 0.2) is 5.65 Å². The quantitative estimate of drug-likeness (QED) is 0.493. The normalized spacial score (nSPS) is 11.3. The molecule has 0 N–H and O–H groups in total. The lowest BCUT2D eigenvalue weighted by Gasteiger charge is -2.14. The predicted octanol–water partition coefficient (Wildman–Crippen LogP) is 5.35. The zero-order valence-electron chi connectivity index (χ0n) is 16.0. The van der Waals surface area contributed by atoms with E-state index in [2.05, 4.69) is 67.0 Å². The Hall–Kier alpha value is -3.21. The topological polar surface area (TPSA) is 52.8 Å². The summed E-state index contributed by atoms with van der Waals surface area (Å²) in [6.45, 7) is 8.43. The number of aromatic nitrogens is 4. The number of nitrogens with zero attached hydrogens (tertiary/aromatic N) is 4. The van der Waals surface area contributed by atoms with Gasteiger partial charge in [-0.15, -0.1) is 0 Å². The molecule has 4 aromatic rings. The molecule has 0 aliphatic heterocycles. The van der Waals surface area contributed by atoms with Gasteiger partial charge in [0.1, 0.15) is 17.5 Å². The van der Waals surface area contributed by atoms with E-state index in [0.717, 1.165) is 33.6 Å². The average molecular weight is 358 g/mol. The molecule has 0 aliphatic rings. The fraction of sp³-hybridized carbons (Fsp3) is 0.227. The maximum Gasteiger partial charge on any atom is 0.233 e. The van der Waals surface area contributed by atoms with Gasteiger partial charge < -0.3 is 4.74 Å². The highest BCUT2D eigenvalue weighted by Crippen LogP contribution is 2.33. The van der Waals surface area contributed by atoms with Gasteiger partial charge in [-0.25, -0.2) is 14.6 Å². The second-order valence-electron chi connectivity index (χ2n) is 7.11. The summed E-state index contributed by atoms with van der Waals surface area (Å²) in [6, 6.07) is 14.4. The largest absolute Gasteiger partial charge is 0.438 e. The van der Waals surface area contributed by atoms with Crippen LogP contribution in [0.2, 0.25) is 0 Å². The minimum atomic E-state index is 0.355. The van der Waals surface area contributed by atoms with Crippen LogP contribution in [-0.4, -0.2) is 19.7 Å². The first kappa shape index (κ1) is 17.2. The van der Waals surface area contributed by atoms with E-state index in [0.29, 0.717) is 11.8 Å². The number of hydrogen-bond donors (Lipinski definition) is 0. The summed E-state index contributed by atoms with van der Waals surface area (Å²) in [5, 5.41) is 5.31. The molecule has 2 aromatic heterocycles. The zero-order valence-corrected chi connectivity index (χ0v) is 16.0. The van der Waals surface area contributed by atoms with E-state index >= 15 is 0 Å². The van der Waals surface area contributed by atoms with Gasteiger partial charge in [-0.1, -0.05) is 38.1 Å². The number of aryl methyl sites for hydroxylation is 2. The minimum absolute atomic E-state index is 0.355. The van der Waals surface area contributed by atoms with Gasteiger partial charge in [0, 0.05) is 0 Å². The molecule has 0 saturated heterocycles. The molecule has 2 heterocycles. The van der Waals surface area contributed by atoms with Crippen molar-refractivity contribution < 1.29 is 4.74 Å². The lowest BCUT2D eigenvalue weighted by atomic mass is 10.0. The summed E-state index contributed by atoms with van der Waals surface area (Å²) in [6.07, 6.45) is 3.29. The van der Waals surface area contributed by atoms with Crippen molar-refractivity contribution in [2.24, 2.45) is 0 Å². The summed E-state index contributed by atoms with van der Waals surface area (Å²) in [5.74, 6) is 1.70. The SMILES string of the molecule is Cc1cccc(-n2ncc3c(Oc4cc(C)ccc4C(C)C)ncnc32)c1. The van der Waals surface area contributed by atoms with Crippen molar-refractivity contribution in [3.8, 4) is 17.3 Å². The first-order chi connectivity index (χ1) is 13.0. The number of hydrogen-bond acceptors (Lipinski definition) is 4. The molecule has 0 atom stereocenters. The number of benzene rings is 2. The van der Waals surface area contributed by atoms with Gasteiger partial charge in [-0.05, 0) is 54.7 Å². The standard InChI is InChI=1S/C22H22N4O/c1-14(2)18-9-8-16(4)11-20(18)27-22-19-12-25-26(21(19)23-13-24-22)17-7-5-6-15(3)10-17/h5-14H,1-4H3. The van der Waals surface area contributed by atoms with Gasteiger partial charge in [0.2, 0.25) is 5.88 Å². The molecule has 5 nitrogen and oxygen atoms in total. The summed E-state index contributed by atoms with van der Waals surface area (Å²) in [4.78, 5) is 8.80. The summed E-state index contributed by atoms with van der Waals surface area (Å²) in [7, 11) is 0. The molecule has 136 valence electrons. The Bertz CT molecular complexity index is 1110. The van der Waals surface area contributed by atoms with Crippen LogP contribution in [0, 0.1) is 13.8 Å². The Kier molecular flexibility index (Phi) is 4.36. The molecule has 0 fully saturated rings. The van der Waals surface area contributed by atoms with Crippen LogP contribution in [-0.2, 0) is 0 Å². The van der Waals surface area contributed by atoms with Crippen LogP contribution in [0.25, 0.3) is 16.7 Å². The predicted molar refractivity (Wildman–Crippen MR) is 107 cm³/mol. The molecule has 2 aromatic carbocycles. The second kappa shape index (κ2) is 6.83. The number of ether oxygens (including phenoxy) is 1. The maximum atomic E-state index is 6.23. The summed E-state index contributed by atoms with van der Waals surface area (Å²) in [5.41, 5.74) is 5.16. The van der Waals surface area contributed by atoms with E-state index in [4.69, 9.17) is 4.74 Å². The van der Waals surface area contributed by atoms with Crippen LogP contribution in [0.15, 0.2) is 55.0 Å². The van der Waals surface area contributed by atoms with Crippen molar-refractivity contribution in [1.82, 2.24) is 19.7 Å². The molecule has 0 unspecified atom stereocenters. The van der Waals surface area contributed by atoms with Crippen LogP contribution in [0.1, 0.15) is 36.5 Å². The highest BCUT2D eigenvalue weighted by molar-refractivity contribution is 5.81. The van der Waals surface area contributed by atoms with E-state index < -0.39 is 0 Å². The molecule has 0 amide bonds. The number of rotatable bonds is 4. The third-order valence-corrected chi connectivity index (χ3v) is 4.57. The van der Waals surface area contributed by atoms with Gasteiger partial charge in [-0.2, -0.15) is 5.10 Å². The summed E-state index contributed by atoms with van der Waals surface area (Å²) < 4.78 is 8.05. The van der Waals surface area contributed by atoms with E-state index in [1.54, 1.807) is 6.20 Å². The van der Waals surface area contributed by atoms with Crippen molar-refractivity contribution in [2.45, 2.75) is 33.6 Å². The second-order valence-corrected chi connectivity index (χ2v) is 7.11. The smallest absolute Gasteiger partial charge is 0.233 e. The fourth-order valence-corrected chi connectivity index (χ4v) is 3.16. The first-order valence-electron chi connectivity index (χ1n) is 9.07. The third kappa shape index (κ3) is 3.28. The highest BCUT2D eigenvalue weighted by atomic mass is 16.5. The van der Waals surface area contributed by atoms with Crippen molar-refractivity contribution in [1.29, 1.82) is 0 Å². The van der Waals surface area contributed by atoms with Crippen LogP contribution < -0.4 is 4.74 Å². The Morgan fingerprint density at radius 3 is 2.56 bits per heavy atom. The van der Waals surface area contributed by atoms with Crippen LogP contribution in [0.5, 0.6) is 11.6 Å². The van der Waals surface area contributed by atoms with Crippen molar-refractivity contribution >= 4 is 11.0 Å². The van der Waals surface area contributed by atoms with E-state index in [1.807, 2.05) is 22.9 Å². The molecular formula is C22H22N4O. The van der Waals surface area contributed by atoms with E-state index in [-0.39, 0.29) is 0 Å². The molecule has 0 bridgehead atoms. The molecule has 5 heteroatoms. The Balaban J connectivity index is 1.80. The molecule has 0 saturated carbocycles. The Morgan fingerprint density at radius 1 is 0.963 bits per heavy atom. The zero-order chi connectivity index (χ0) is 19.0. The fourth-order valence-electron chi connectivity index (χ4n) is 3.16. The maximum absolute atomic E-state index is 6.23. The monoisotopic (exact) mass is 358 g/mol.